The van der Waals surface area contributed by atoms with Gasteiger partial charge in [0.1, 0.15) is 10.8 Å². The van der Waals surface area contributed by atoms with E-state index in [-0.39, 0.29) is 11.5 Å². The van der Waals surface area contributed by atoms with Crippen LogP contribution < -0.4 is 5.32 Å². The monoisotopic (exact) mass is 384 g/mol. The number of rotatable bonds is 6. The second-order valence-electron chi connectivity index (χ2n) is 5.68. The van der Waals surface area contributed by atoms with Gasteiger partial charge < -0.3 is 10.1 Å². The highest BCUT2D eigenvalue weighted by atomic mass is 32.1. The summed E-state index contributed by atoms with van der Waals surface area (Å²) in [6, 6.07) is 13.3. The lowest BCUT2D eigenvalue weighted by Gasteiger charge is -2.09. The predicted molar refractivity (Wildman–Crippen MR) is 102 cm³/mol. The Labute approximate surface area is 159 Å². The zero-order valence-corrected chi connectivity index (χ0v) is 15.4. The normalized spacial score (nSPS) is 10.4. The topological polar surface area (TPSA) is 68.3 Å². The van der Waals surface area contributed by atoms with Crippen LogP contribution in [0.25, 0.3) is 10.6 Å². The molecule has 3 aromatic rings. The van der Waals surface area contributed by atoms with Crippen LogP contribution >= 0.6 is 11.3 Å². The summed E-state index contributed by atoms with van der Waals surface area (Å²) >= 11 is 1.24. The average molecular weight is 384 g/mol. The summed E-state index contributed by atoms with van der Waals surface area (Å²) in [7, 11) is 0. The standard InChI is InChI=1S/C20H17FN2O3S/c1-2-13-5-3-4-6-16(13)22-18(24)11-26-20(25)17-12-27-19(23-17)14-7-9-15(21)10-8-14/h3-10,12H,2,11H2,1H3,(H,22,24). The van der Waals surface area contributed by atoms with Crippen molar-refractivity contribution in [2.24, 2.45) is 0 Å². The van der Waals surface area contributed by atoms with Crippen LogP contribution in [-0.2, 0) is 16.0 Å². The van der Waals surface area contributed by atoms with Crippen LogP contribution in [0, 0.1) is 5.82 Å². The molecule has 1 aromatic heterocycles. The molecule has 2 aromatic carbocycles. The molecule has 1 heterocycles. The van der Waals surface area contributed by atoms with Crippen LogP contribution in [0.2, 0.25) is 0 Å². The van der Waals surface area contributed by atoms with Crippen LogP contribution in [-0.4, -0.2) is 23.5 Å². The van der Waals surface area contributed by atoms with Crippen LogP contribution in [0.5, 0.6) is 0 Å². The fourth-order valence-corrected chi connectivity index (χ4v) is 3.23. The second-order valence-corrected chi connectivity index (χ2v) is 6.54. The first kappa shape index (κ1) is 18.7. The number of benzene rings is 2. The van der Waals surface area contributed by atoms with Crippen molar-refractivity contribution in [2.45, 2.75) is 13.3 Å². The van der Waals surface area contributed by atoms with Crippen molar-refractivity contribution < 1.29 is 18.7 Å². The Bertz CT molecular complexity index is 954. The second kappa shape index (κ2) is 8.55. The first-order chi connectivity index (χ1) is 13.1. The molecule has 1 N–H and O–H groups in total. The van der Waals surface area contributed by atoms with Crippen molar-refractivity contribution in [3.63, 3.8) is 0 Å². The van der Waals surface area contributed by atoms with Crippen molar-refractivity contribution in [2.75, 3.05) is 11.9 Å². The molecular weight excluding hydrogens is 367 g/mol. The van der Waals surface area contributed by atoms with Crippen LogP contribution in [0.1, 0.15) is 23.0 Å². The largest absolute Gasteiger partial charge is 0.451 e. The summed E-state index contributed by atoms with van der Waals surface area (Å²) < 4.78 is 18.0. The first-order valence-electron chi connectivity index (χ1n) is 8.33. The Morgan fingerprint density at radius 2 is 1.89 bits per heavy atom. The van der Waals surface area contributed by atoms with Gasteiger partial charge in [-0.05, 0) is 42.3 Å². The highest BCUT2D eigenvalue weighted by Gasteiger charge is 2.15. The maximum Gasteiger partial charge on any atom is 0.358 e. The smallest absolute Gasteiger partial charge is 0.358 e. The number of aromatic nitrogens is 1. The van der Waals surface area contributed by atoms with Crippen molar-refractivity contribution in [1.29, 1.82) is 0 Å². The van der Waals surface area contributed by atoms with E-state index < -0.39 is 18.5 Å². The lowest BCUT2D eigenvalue weighted by molar-refractivity contribution is -0.119. The molecule has 0 bridgehead atoms. The summed E-state index contributed by atoms with van der Waals surface area (Å²) in [5.41, 5.74) is 2.52. The average Bonchev–Trinajstić information content (AvgIpc) is 3.17. The Morgan fingerprint density at radius 1 is 1.15 bits per heavy atom. The fraction of sp³-hybridized carbons (Fsp3) is 0.150. The molecule has 0 saturated heterocycles. The molecule has 0 spiro atoms. The van der Waals surface area contributed by atoms with Gasteiger partial charge in [-0.3, -0.25) is 4.79 Å². The molecular formula is C20H17FN2O3S. The molecule has 0 aliphatic heterocycles. The van der Waals surface area contributed by atoms with Crippen molar-refractivity contribution >= 4 is 28.9 Å². The van der Waals surface area contributed by atoms with Gasteiger partial charge >= 0.3 is 5.97 Å². The molecule has 0 fully saturated rings. The quantitative estimate of drug-likeness (QED) is 0.643. The maximum atomic E-state index is 13.0. The van der Waals surface area contributed by atoms with E-state index in [1.54, 1.807) is 23.6 Å². The van der Waals surface area contributed by atoms with E-state index in [4.69, 9.17) is 4.74 Å². The molecule has 0 atom stereocenters. The first-order valence-corrected chi connectivity index (χ1v) is 9.21. The lowest BCUT2D eigenvalue weighted by atomic mass is 10.1. The zero-order valence-electron chi connectivity index (χ0n) is 14.6. The molecule has 0 unspecified atom stereocenters. The molecule has 7 heteroatoms. The van der Waals surface area contributed by atoms with E-state index >= 15 is 0 Å². The molecule has 0 aliphatic rings. The molecule has 0 saturated carbocycles. The molecule has 0 aliphatic carbocycles. The van der Waals surface area contributed by atoms with Gasteiger partial charge in [-0.25, -0.2) is 14.2 Å². The number of ether oxygens (including phenoxy) is 1. The van der Waals surface area contributed by atoms with E-state index in [9.17, 15) is 14.0 Å². The van der Waals surface area contributed by atoms with Crippen LogP contribution in [0.4, 0.5) is 10.1 Å². The van der Waals surface area contributed by atoms with Gasteiger partial charge in [0.25, 0.3) is 5.91 Å². The lowest BCUT2D eigenvalue weighted by Crippen LogP contribution is -2.21. The number of hydrogen-bond acceptors (Lipinski definition) is 5. The van der Waals surface area contributed by atoms with E-state index in [2.05, 4.69) is 10.3 Å². The number of nitrogens with one attached hydrogen (secondary N) is 1. The van der Waals surface area contributed by atoms with E-state index in [0.29, 0.717) is 16.3 Å². The fourth-order valence-electron chi connectivity index (χ4n) is 2.43. The summed E-state index contributed by atoms with van der Waals surface area (Å²) in [5, 5.41) is 4.85. The van der Waals surface area contributed by atoms with Gasteiger partial charge in [0.15, 0.2) is 12.3 Å². The number of carbonyl (C=O) groups excluding carboxylic acids is 2. The number of carbonyl (C=O) groups is 2. The SMILES string of the molecule is CCc1ccccc1NC(=O)COC(=O)c1csc(-c2ccc(F)cc2)n1. The molecule has 138 valence electrons. The Hall–Kier alpha value is -3.06. The van der Waals surface area contributed by atoms with Crippen LogP contribution in [0.3, 0.4) is 0 Å². The Kier molecular flexibility index (Phi) is 5.93. The van der Waals surface area contributed by atoms with Gasteiger partial charge in [0.2, 0.25) is 0 Å². The molecule has 5 nitrogen and oxygen atoms in total. The van der Waals surface area contributed by atoms with E-state index in [1.807, 2.05) is 25.1 Å². The third-order valence-electron chi connectivity index (χ3n) is 3.81. The molecule has 0 radical (unpaired) electrons. The van der Waals surface area contributed by atoms with Gasteiger partial charge in [-0.15, -0.1) is 11.3 Å². The number of aryl methyl sites for hydroxylation is 1. The summed E-state index contributed by atoms with van der Waals surface area (Å²) in [6.07, 6.45) is 0.779. The number of nitrogens with zero attached hydrogens (tertiary/aromatic N) is 1. The zero-order chi connectivity index (χ0) is 19.2. The Morgan fingerprint density at radius 3 is 2.63 bits per heavy atom. The van der Waals surface area contributed by atoms with Gasteiger partial charge in [0.05, 0.1) is 0 Å². The van der Waals surface area contributed by atoms with E-state index in [0.717, 1.165) is 12.0 Å². The van der Waals surface area contributed by atoms with Crippen molar-refractivity contribution in [3.8, 4) is 10.6 Å². The summed E-state index contributed by atoms with van der Waals surface area (Å²) in [5.74, 6) is -1.44. The van der Waals surface area contributed by atoms with Crippen molar-refractivity contribution in [1.82, 2.24) is 4.98 Å². The number of thiazole rings is 1. The number of esters is 1. The molecule has 1 amide bonds. The minimum absolute atomic E-state index is 0.112. The number of hydrogen-bond donors (Lipinski definition) is 1. The number of anilines is 1. The van der Waals surface area contributed by atoms with Gasteiger partial charge in [0, 0.05) is 16.6 Å². The van der Waals surface area contributed by atoms with Crippen molar-refractivity contribution in [3.05, 3.63) is 71.0 Å². The molecule has 3 rings (SSSR count). The predicted octanol–water partition coefficient (Wildman–Crippen LogP) is 4.31. The number of para-hydroxylation sites is 1. The minimum atomic E-state index is -0.682. The van der Waals surface area contributed by atoms with Gasteiger partial charge in [-0.1, -0.05) is 25.1 Å². The van der Waals surface area contributed by atoms with Crippen LogP contribution in [0.15, 0.2) is 53.9 Å². The van der Waals surface area contributed by atoms with Gasteiger partial charge in [-0.2, -0.15) is 0 Å². The third kappa shape index (κ3) is 4.77. The molecule has 27 heavy (non-hydrogen) atoms. The highest BCUT2D eigenvalue weighted by molar-refractivity contribution is 7.13. The number of halogens is 1. The highest BCUT2D eigenvalue weighted by Crippen LogP contribution is 2.24. The minimum Gasteiger partial charge on any atom is -0.451 e. The number of amides is 1. The maximum absolute atomic E-state index is 13.0. The summed E-state index contributed by atoms with van der Waals surface area (Å²) in [6.45, 7) is 1.59. The summed E-state index contributed by atoms with van der Waals surface area (Å²) in [4.78, 5) is 28.3. The third-order valence-corrected chi connectivity index (χ3v) is 4.70. The van der Waals surface area contributed by atoms with E-state index in [1.165, 1.54) is 23.5 Å². The Balaban J connectivity index is 1.58.